The number of aliphatic hydroxyl groups excluding tert-OH is 1. The molecule has 2 aromatic rings. The minimum Gasteiger partial charge on any atom is -0.439 e. The highest BCUT2D eigenvalue weighted by molar-refractivity contribution is 5.72. The highest BCUT2D eigenvalue weighted by Crippen LogP contribution is 2.17. The minimum absolute atomic E-state index is 0.0541. The molecule has 0 amide bonds. The molecular formula is C13H17FN2O3. The lowest BCUT2D eigenvalue weighted by molar-refractivity contribution is 0.121. The van der Waals surface area contributed by atoms with Crippen LogP contribution in [-0.2, 0) is 11.3 Å². The summed E-state index contributed by atoms with van der Waals surface area (Å²) < 4.78 is 23.5. The SMILES string of the molecule is COCCN(CCO)Cc1nc2ccc(F)cc2o1. The van der Waals surface area contributed by atoms with Crippen molar-refractivity contribution < 1.29 is 18.7 Å². The van der Waals surface area contributed by atoms with Gasteiger partial charge in [-0.3, -0.25) is 4.90 Å². The van der Waals surface area contributed by atoms with Crippen molar-refractivity contribution in [2.75, 3.05) is 33.4 Å². The fourth-order valence-electron chi connectivity index (χ4n) is 1.84. The maximum atomic E-state index is 13.0. The fraction of sp³-hybridized carbons (Fsp3) is 0.462. The first kappa shape index (κ1) is 13.9. The lowest BCUT2D eigenvalue weighted by atomic mass is 10.3. The summed E-state index contributed by atoms with van der Waals surface area (Å²) in [5.41, 5.74) is 1.07. The van der Waals surface area contributed by atoms with Gasteiger partial charge in [-0.15, -0.1) is 0 Å². The van der Waals surface area contributed by atoms with E-state index in [1.54, 1.807) is 13.2 Å². The highest BCUT2D eigenvalue weighted by atomic mass is 19.1. The second-order valence-electron chi connectivity index (χ2n) is 4.21. The van der Waals surface area contributed by atoms with Crippen LogP contribution in [0.5, 0.6) is 0 Å². The van der Waals surface area contributed by atoms with Crippen LogP contribution in [0.1, 0.15) is 5.89 Å². The Morgan fingerprint density at radius 3 is 3.00 bits per heavy atom. The lowest BCUT2D eigenvalue weighted by Gasteiger charge is -2.18. The molecule has 0 aliphatic rings. The second-order valence-corrected chi connectivity index (χ2v) is 4.21. The zero-order valence-corrected chi connectivity index (χ0v) is 10.8. The Hall–Kier alpha value is -1.50. The molecule has 1 aromatic heterocycles. The van der Waals surface area contributed by atoms with Gasteiger partial charge in [0.05, 0.1) is 19.8 Å². The van der Waals surface area contributed by atoms with Crippen molar-refractivity contribution >= 4 is 11.1 Å². The van der Waals surface area contributed by atoms with Crippen molar-refractivity contribution in [1.29, 1.82) is 0 Å². The van der Waals surface area contributed by atoms with Gasteiger partial charge in [-0.05, 0) is 12.1 Å². The maximum absolute atomic E-state index is 13.0. The summed E-state index contributed by atoms with van der Waals surface area (Å²) in [6, 6.07) is 4.26. The number of rotatable bonds is 7. The third-order valence-electron chi connectivity index (χ3n) is 2.78. The summed E-state index contributed by atoms with van der Waals surface area (Å²) in [6.07, 6.45) is 0. The van der Waals surface area contributed by atoms with Gasteiger partial charge in [0.1, 0.15) is 11.3 Å². The molecule has 0 atom stereocenters. The van der Waals surface area contributed by atoms with Crippen molar-refractivity contribution in [2.45, 2.75) is 6.54 Å². The molecule has 19 heavy (non-hydrogen) atoms. The fourth-order valence-corrected chi connectivity index (χ4v) is 1.84. The first-order chi connectivity index (χ1) is 9.22. The Bertz CT molecular complexity index is 530. The minimum atomic E-state index is -0.346. The highest BCUT2D eigenvalue weighted by Gasteiger charge is 2.11. The molecule has 0 unspecified atom stereocenters. The Kier molecular flexibility index (Phi) is 4.84. The largest absolute Gasteiger partial charge is 0.439 e. The Balaban J connectivity index is 2.09. The van der Waals surface area contributed by atoms with Gasteiger partial charge in [0, 0.05) is 26.3 Å². The molecule has 0 fully saturated rings. The predicted octanol–water partition coefficient (Wildman–Crippen LogP) is 1.41. The van der Waals surface area contributed by atoms with Crippen LogP contribution in [0.2, 0.25) is 0 Å². The molecule has 0 saturated carbocycles. The first-order valence-electron chi connectivity index (χ1n) is 6.10. The zero-order valence-electron chi connectivity index (χ0n) is 10.8. The summed E-state index contributed by atoms with van der Waals surface area (Å²) in [5, 5.41) is 9.01. The van der Waals surface area contributed by atoms with Crippen LogP contribution < -0.4 is 0 Å². The number of halogens is 1. The van der Waals surface area contributed by atoms with Gasteiger partial charge in [-0.2, -0.15) is 0 Å². The van der Waals surface area contributed by atoms with E-state index >= 15 is 0 Å². The lowest BCUT2D eigenvalue weighted by Crippen LogP contribution is -2.29. The molecule has 0 aliphatic carbocycles. The van der Waals surface area contributed by atoms with Gasteiger partial charge in [-0.1, -0.05) is 0 Å². The number of hydrogen-bond donors (Lipinski definition) is 1. The van der Waals surface area contributed by atoms with Crippen molar-refractivity contribution in [2.24, 2.45) is 0 Å². The monoisotopic (exact) mass is 268 g/mol. The van der Waals surface area contributed by atoms with Gasteiger partial charge in [0.15, 0.2) is 5.58 Å². The van der Waals surface area contributed by atoms with E-state index in [2.05, 4.69) is 4.98 Å². The molecule has 0 aliphatic heterocycles. The molecule has 1 N–H and O–H groups in total. The Morgan fingerprint density at radius 2 is 2.26 bits per heavy atom. The maximum Gasteiger partial charge on any atom is 0.209 e. The molecular weight excluding hydrogens is 251 g/mol. The quantitative estimate of drug-likeness (QED) is 0.822. The van der Waals surface area contributed by atoms with E-state index in [9.17, 15) is 4.39 Å². The summed E-state index contributed by atoms with van der Waals surface area (Å²) in [5.74, 6) is 0.159. The molecule has 0 bridgehead atoms. The number of oxazole rings is 1. The molecule has 0 spiro atoms. The summed E-state index contributed by atoms with van der Waals surface area (Å²) in [7, 11) is 1.62. The summed E-state index contributed by atoms with van der Waals surface area (Å²) >= 11 is 0. The van der Waals surface area contributed by atoms with E-state index in [4.69, 9.17) is 14.3 Å². The number of benzene rings is 1. The van der Waals surface area contributed by atoms with Crippen LogP contribution in [0.25, 0.3) is 11.1 Å². The molecule has 1 heterocycles. The normalized spacial score (nSPS) is 11.6. The van der Waals surface area contributed by atoms with E-state index in [-0.39, 0.29) is 12.4 Å². The van der Waals surface area contributed by atoms with Crippen molar-refractivity contribution in [3.8, 4) is 0 Å². The Labute approximate surface area is 110 Å². The molecule has 104 valence electrons. The van der Waals surface area contributed by atoms with Crippen molar-refractivity contribution in [1.82, 2.24) is 9.88 Å². The van der Waals surface area contributed by atoms with E-state index < -0.39 is 0 Å². The van der Waals surface area contributed by atoms with E-state index in [0.717, 1.165) is 0 Å². The molecule has 5 nitrogen and oxygen atoms in total. The molecule has 6 heteroatoms. The Morgan fingerprint density at radius 1 is 1.42 bits per heavy atom. The third kappa shape index (κ3) is 3.73. The number of ether oxygens (including phenoxy) is 1. The van der Waals surface area contributed by atoms with Gasteiger partial charge in [-0.25, -0.2) is 9.37 Å². The van der Waals surface area contributed by atoms with Crippen LogP contribution in [0.4, 0.5) is 4.39 Å². The van der Waals surface area contributed by atoms with Crippen molar-refractivity contribution in [3.05, 3.63) is 29.9 Å². The number of methoxy groups -OCH3 is 1. The summed E-state index contributed by atoms with van der Waals surface area (Å²) in [4.78, 5) is 6.25. The number of hydrogen-bond acceptors (Lipinski definition) is 5. The molecule has 0 radical (unpaired) electrons. The summed E-state index contributed by atoms with van der Waals surface area (Å²) in [6.45, 7) is 2.26. The number of aromatic nitrogens is 1. The number of nitrogens with zero attached hydrogens (tertiary/aromatic N) is 2. The van der Waals surface area contributed by atoms with Gasteiger partial charge in [0.25, 0.3) is 0 Å². The van der Waals surface area contributed by atoms with Crippen molar-refractivity contribution in [3.63, 3.8) is 0 Å². The zero-order chi connectivity index (χ0) is 13.7. The van der Waals surface area contributed by atoms with E-state index in [0.29, 0.717) is 43.2 Å². The first-order valence-corrected chi connectivity index (χ1v) is 6.10. The second kappa shape index (κ2) is 6.60. The molecule has 2 rings (SSSR count). The average Bonchev–Trinajstić information content (AvgIpc) is 2.77. The van der Waals surface area contributed by atoms with Crippen LogP contribution in [-0.4, -0.2) is 48.4 Å². The third-order valence-corrected chi connectivity index (χ3v) is 2.78. The van der Waals surface area contributed by atoms with E-state index in [1.807, 2.05) is 4.90 Å². The molecule has 1 aromatic carbocycles. The van der Waals surface area contributed by atoms with Gasteiger partial charge in [0.2, 0.25) is 5.89 Å². The van der Waals surface area contributed by atoms with Crippen LogP contribution in [0.15, 0.2) is 22.6 Å². The van der Waals surface area contributed by atoms with Crippen LogP contribution in [0, 0.1) is 5.82 Å². The smallest absolute Gasteiger partial charge is 0.209 e. The van der Waals surface area contributed by atoms with Gasteiger partial charge < -0.3 is 14.3 Å². The standard InChI is InChI=1S/C13H17FN2O3/c1-18-7-5-16(4-6-17)9-13-15-11-3-2-10(14)8-12(11)19-13/h2-3,8,17H,4-7,9H2,1H3. The van der Waals surface area contributed by atoms with Crippen LogP contribution >= 0.6 is 0 Å². The van der Waals surface area contributed by atoms with E-state index in [1.165, 1.54) is 12.1 Å². The van der Waals surface area contributed by atoms with Crippen LogP contribution in [0.3, 0.4) is 0 Å². The van der Waals surface area contributed by atoms with Gasteiger partial charge >= 0.3 is 0 Å². The number of fused-ring (bicyclic) bond motifs is 1. The topological polar surface area (TPSA) is 58.7 Å². The number of aliphatic hydroxyl groups is 1. The molecule has 0 saturated heterocycles. The predicted molar refractivity (Wildman–Crippen MR) is 68.2 cm³/mol. The average molecular weight is 268 g/mol.